The van der Waals surface area contributed by atoms with Crippen LogP contribution in [0.2, 0.25) is 0 Å². The van der Waals surface area contributed by atoms with Crippen LogP contribution in [0.1, 0.15) is 37.5 Å². The van der Waals surface area contributed by atoms with Gasteiger partial charge in [-0.2, -0.15) is 0 Å². The number of fused-ring (bicyclic) bond motifs is 1. The van der Waals surface area contributed by atoms with E-state index in [2.05, 4.69) is 10.3 Å². The summed E-state index contributed by atoms with van der Waals surface area (Å²) in [7, 11) is 1.33. The van der Waals surface area contributed by atoms with E-state index >= 15 is 0 Å². The number of rotatable bonds is 3. The Morgan fingerprint density at radius 3 is 2.50 bits per heavy atom. The molecule has 0 aliphatic heterocycles. The summed E-state index contributed by atoms with van der Waals surface area (Å²) >= 11 is 0. The Bertz CT molecular complexity index is 1030. The molecule has 1 amide bonds. The Labute approximate surface area is 152 Å². The third-order valence-corrected chi connectivity index (χ3v) is 4.39. The van der Waals surface area contributed by atoms with Gasteiger partial charge >= 0.3 is 5.97 Å². The van der Waals surface area contributed by atoms with Crippen molar-refractivity contribution in [3.05, 3.63) is 70.4 Å². The van der Waals surface area contributed by atoms with Crippen molar-refractivity contribution in [2.24, 2.45) is 0 Å². The van der Waals surface area contributed by atoms with Crippen LogP contribution in [0.5, 0.6) is 0 Å². The summed E-state index contributed by atoms with van der Waals surface area (Å²) in [4.78, 5) is 29.2. The maximum absolute atomic E-state index is 12.8. The lowest BCUT2D eigenvalue weighted by molar-refractivity contribution is 0.0599. The zero-order valence-corrected chi connectivity index (χ0v) is 15.2. The van der Waals surface area contributed by atoms with Crippen LogP contribution in [0.15, 0.2) is 42.5 Å². The van der Waals surface area contributed by atoms with Gasteiger partial charge in [-0.1, -0.05) is 17.7 Å². The summed E-state index contributed by atoms with van der Waals surface area (Å²) in [6, 6.07) is 12.9. The SMILES string of the molecule is COC(=O)c1cccc(NC(=O)c2cc3cc(C)ccc3nc2C)c1C. The van der Waals surface area contributed by atoms with Crippen molar-refractivity contribution >= 4 is 28.5 Å². The third kappa shape index (κ3) is 3.28. The van der Waals surface area contributed by atoms with Gasteiger partial charge in [-0.05, 0) is 56.7 Å². The van der Waals surface area contributed by atoms with Gasteiger partial charge in [0.05, 0.1) is 29.4 Å². The fourth-order valence-electron chi connectivity index (χ4n) is 2.91. The van der Waals surface area contributed by atoms with Gasteiger partial charge in [0.25, 0.3) is 5.91 Å². The number of hydrogen-bond donors (Lipinski definition) is 1. The number of ether oxygens (including phenoxy) is 1. The molecule has 5 nitrogen and oxygen atoms in total. The number of carbonyl (C=O) groups is 2. The summed E-state index contributed by atoms with van der Waals surface area (Å²) in [6.07, 6.45) is 0. The molecule has 1 aromatic heterocycles. The van der Waals surface area contributed by atoms with E-state index in [4.69, 9.17) is 4.74 Å². The molecule has 5 heteroatoms. The van der Waals surface area contributed by atoms with Crippen molar-refractivity contribution in [1.29, 1.82) is 0 Å². The highest BCUT2D eigenvalue weighted by molar-refractivity contribution is 6.07. The van der Waals surface area contributed by atoms with Crippen LogP contribution in [0.25, 0.3) is 10.9 Å². The molecule has 0 radical (unpaired) electrons. The summed E-state index contributed by atoms with van der Waals surface area (Å²) in [5.41, 5.74) is 4.78. The van der Waals surface area contributed by atoms with Crippen molar-refractivity contribution in [3.63, 3.8) is 0 Å². The van der Waals surface area contributed by atoms with E-state index in [-0.39, 0.29) is 5.91 Å². The summed E-state index contributed by atoms with van der Waals surface area (Å²) in [5, 5.41) is 3.80. The molecule has 0 saturated carbocycles. The molecule has 0 spiro atoms. The molecular weight excluding hydrogens is 328 g/mol. The van der Waals surface area contributed by atoms with E-state index in [0.29, 0.717) is 28.1 Å². The Balaban J connectivity index is 1.97. The lowest BCUT2D eigenvalue weighted by atomic mass is 10.0. The number of amides is 1. The number of esters is 1. The number of methoxy groups -OCH3 is 1. The normalized spacial score (nSPS) is 10.6. The van der Waals surface area contributed by atoms with Gasteiger partial charge in [-0.25, -0.2) is 4.79 Å². The predicted octanol–water partition coefficient (Wildman–Crippen LogP) is 4.20. The Hall–Kier alpha value is -3.21. The van der Waals surface area contributed by atoms with E-state index in [1.54, 1.807) is 25.1 Å². The minimum Gasteiger partial charge on any atom is -0.465 e. The van der Waals surface area contributed by atoms with Crippen molar-refractivity contribution in [2.45, 2.75) is 20.8 Å². The number of pyridine rings is 1. The Morgan fingerprint density at radius 1 is 1.00 bits per heavy atom. The first-order valence-corrected chi connectivity index (χ1v) is 8.28. The van der Waals surface area contributed by atoms with Crippen LogP contribution < -0.4 is 5.32 Å². The lowest BCUT2D eigenvalue weighted by Gasteiger charge is -2.13. The van der Waals surface area contributed by atoms with Crippen LogP contribution >= 0.6 is 0 Å². The zero-order chi connectivity index (χ0) is 18.8. The first-order chi connectivity index (χ1) is 12.4. The largest absolute Gasteiger partial charge is 0.465 e. The van der Waals surface area contributed by atoms with Crippen LogP contribution in [-0.4, -0.2) is 24.0 Å². The summed E-state index contributed by atoms with van der Waals surface area (Å²) in [5.74, 6) is -0.693. The molecule has 0 bridgehead atoms. The van der Waals surface area contributed by atoms with Crippen molar-refractivity contribution in [3.8, 4) is 0 Å². The topological polar surface area (TPSA) is 68.3 Å². The molecule has 0 saturated heterocycles. The molecule has 132 valence electrons. The second-order valence-electron chi connectivity index (χ2n) is 6.24. The summed E-state index contributed by atoms with van der Waals surface area (Å²) < 4.78 is 4.78. The molecule has 0 fully saturated rings. The van der Waals surface area contributed by atoms with E-state index in [1.807, 2.05) is 38.1 Å². The number of nitrogens with one attached hydrogen (secondary N) is 1. The first-order valence-electron chi connectivity index (χ1n) is 8.28. The first kappa shape index (κ1) is 17.6. The van der Waals surface area contributed by atoms with E-state index in [1.165, 1.54) is 7.11 Å². The minimum absolute atomic E-state index is 0.261. The van der Waals surface area contributed by atoms with E-state index in [9.17, 15) is 9.59 Å². The van der Waals surface area contributed by atoms with E-state index in [0.717, 1.165) is 16.5 Å². The van der Waals surface area contributed by atoms with Gasteiger partial charge < -0.3 is 10.1 Å². The van der Waals surface area contributed by atoms with Crippen molar-refractivity contribution in [2.75, 3.05) is 12.4 Å². The van der Waals surface area contributed by atoms with Gasteiger partial charge in [0, 0.05) is 11.1 Å². The molecule has 0 unspecified atom stereocenters. The molecule has 3 aromatic rings. The molecule has 0 aliphatic rings. The van der Waals surface area contributed by atoms with Gasteiger partial charge in [-0.3, -0.25) is 9.78 Å². The number of aryl methyl sites for hydroxylation is 2. The number of benzene rings is 2. The highest BCUT2D eigenvalue weighted by atomic mass is 16.5. The monoisotopic (exact) mass is 348 g/mol. The number of aromatic nitrogens is 1. The highest BCUT2D eigenvalue weighted by Crippen LogP contribution is 2.23. The molecular formula is C21H20N2O3. The van der Waals surface area contributed by atoms with Gasteiger partial charge in [0.1, 0.15) is 0 Å². The molecule has 1 N–H and O–H groups in total. The second kappa shape index (κ2) is 6.96. The van der Waals surface area contributed by atoms with E-state index < -0.39 is 5.97 Å². The molecule has 3 rings (SSSR count). The van der Waals surface area contributed by atoms with Gasteiger partial charge in [0.2, 0.25) is 0 Å². The van der Waals surface area contributed by atoms with Crippen LogP contribution in [0, 0.1) is 20.8 Å². The smallest absolute Gasteiger partial charge is 0.338 e. The molecule has 2 aromatic carbocycles. The maximum Gasteiger partial charge on any atom is 0.338 e. The Morgan fingerprint density at radius 2 is 1.77 bits per heavy atom. The molecule has 1 heterocycles. The average Bonchev–Trinajstić information content (AvgIpc) is 2.62. The minimum atomic E-state index is -0.433. The second-order valence-corrected chi connectivity index (χ2v) is 6.24. The zero-order valence-electron chi connectivity index (χ0n) is 15.2. The maximum atomic E-state index is 12.8. The van der Waals surface area contributed by atoms with Crippen molar-refractivity contribution < 1.29 is 14.3 Å². The molecule has 26 heavy (non-hydrogen) atoms. The number of hydrogen-bond acceptors (Lipinski definition) is 4. The number of nitrogens with zero attached hydrogens (tertiary/aromatic N) is 1. The molecule has 0 atom stereocenters. The van der Waals surface area contributed by atoms with Crippen molar-refractivity contribution in [1.82, 2.24) is 4.98 Å². The predicted molar refractivity (Wildman–Crippen MR) is 102 cm³/mol. The standard InChI is InChI=1S/C21H20N2O3/c1-12-8-9-19-15(10-12)11-17(14(3)22-19)20(24)23-18-7-5-6-16(13(18)2)21(25)26-4/h5-11H,1-4H3,(H,23,24). The molecule has 0 aliphatic carbocycles. The Kier molecular flexibility index (Phi) is 4.71. The summed E-state index contributed by atoms with van der Waals surface area (Å²) in [6.45, 7) is 5.59. The number of anilines is 1. The fraction of sp³-hybridized carbons (Fsp3) is 0.190. The van der Waals surface area contributed by atoms with Crippen LogP contribution in [-0.2, 0) is 4.74 Å². The number of carbonyl (C=O) groups excluding carboxylic acids is 2. The van der Waals surface area contributed by atoms with Crippen LogP contribution in [0.4, 0.5) is 5.69 Å². The lowest BCUT2D eigenvalue weighted by Crippen LogP contribution is -2.16. The fourth-order valence-corrected chi connectivity index (χ4v) is 2.91. The average molecular weight is 348 g/mol. The van der Waals surface area contributed by atoms with Crippen LogP contribution in [0.3, 0.4) is 0 Å². The quantitative estimate of drug-likeness (QED) is 0.720. The van der Waals surface area contributed by atoms with Gasteiger partial charge in [-0.15, -0.1) is 0 Å². The van der Waals surface area contributed by atoms with Gasteiger partial charge in [0.15, 0.2) is 0 Å². The highest BCUT2D eigenvalue weighted by Gasteiger charge is 2.16. The third-order valence-electron chi connectivity index (χ3n) is 4.39.